The predicted octanol–water partition coefficient (Wildman–Crippen LogP) is 1.78. The normalized spacial score (nSPS) is 18.2. The maximum Gasteiger partial charge on any atom is 0.224 e. The number of nitrogens with zero attached hydrogens (tertiary/aromatic N) is 3. The Kier molecular flexibility index (Phi) is 6.14. The van der Waals surface area contributed by atoms with E-state index in [0.717, 1.165) is 25.2 Å². The quantitative estimate of drug-likeness (QED) is 0.799. The maximum atomic E-state index is 12.2. The number of piperidine rings is 1. The molecular formula is C19H28N4O2. The SMILES string of the molecule is O=CN1CCN(C(=O)CCNc2ccc(N3CCCCC3)cc2)CC1. The minimum absolute atomic E-state index is 0.156. The van der Waals surface area contributed by atoms with Crippen LogP contribution in [0.15, 0.2) is 24.3 Å². The van der Waals surface area contributed by atoms with Gasteiger partial charge in [-0.05, 0) is 43.5 Å². The zero-order valence-corrected chi connectivity index (χ0v) is 14.8. The zero-order valence-electron chi connectivity index (χ0n) is 14.8. The van der Waals surface area contributed by atoms with Gasteiger partial charge in [0.15, 0.2) is 0 Å². The van der Waals surface area contributed by atoms with Gasteiger partial charge in [-0.2, -0.15) is 0 Å². The summed E-state index contributed by atoms with van der Waals surface area (Å²) < 4.78 is 0. The van der Waals surface area contributed by atoms with E-state index in [-0.39, 0.29) is 5.91 Å². The van der Waals surface area contributed by atoms with Gasteiger partial charge < -0.3 is 20.0 Å². The van der Waals surface area contributed by atoms with Gasteiger partial charge in [-0.15, -0.1) is 0 Å². The molecule has 1 aromatic carbocycles. The molecule has 0 aliphatic carbocycles. The minimum Gasteiger partial charge on any atom is -0.385 e. The van der Waals surface area contributed by atoms with Crippen molar-refractivity contribution in [3.05, 3.63) is 24.3 Å². The first kappa shape index (κ1) is 17.6. The molecule has 3 rings (SSSR count). The Morgan fingerprint density at radius 2 is 1.64 bits per heavy atom. The Morgan fingerprint density at radius 3 is 2.28 bits per heavy atom. The van der Waals surface area contributed by atoms with Gasteiger partial charge in [0.25, 0.3) is 0 Å². The van der Waals surface area contributed by atoms with E-state index in [2.05, 4.69) is 34.5 Å². The highest BCUT2D eigenvalue weighted by atomic mass is 16.2. The first-order valence-electron chi connectivity index (χ1n) is 9.32. The van der Waals surface area contributed by atoms with E-state index < -0.39 is 0 Å². The second kappa shape index (κ2) is 8.74. The van der Waals surface area contributed by atoms with Crippen LogP contribution in [-0.4, -0.2) is 67.9 Å². The molecule has 2 aliphatic heterocycles. The largest absolute Gasteiger partial charge is 0.385 e. The predicted molar refractivity (Wildman–Crippen MR) is 99.8 cm³/mol. The summed E-state index contributed by atoms with van der Waals surface area (Å²) in [7, 11) is 0. The van der Waals surface area contributed by atoms with Crippen molar-refractivity contribution in [2.45, 2.75) is 25.7 Å². The molecular weight excluding hydrogens is 316 g/mol. The van der Waals surface area contributed by atoms with Crippen molar-refractivity contribution < 1.29 is 9.59 Å². The second-order valence-electron chi connectivity index (χ2n) is 6.79. The van der Waals surface area contributed by atoms with Crippen molar-refractivity contribution >= 4 is 23.7 Å². The third-order valence-electron chi connectivity index (χ3n) is 5.07. The number of rotatable bonds is 6. The lowest BCUT2D eigenvalue weighted by molar-refractivity contribution is -0.134. The van der Waals surface area contributed by atoms with Crippen molar-refractivity contribution in [1.29, 1.82) is 0 Å². The van der Waals surface area contributed by atoms with Crippen LogP contribution in [0.5, 0.6) is 0 Å². The molecule has 2 saturated heterocycles. The fourth-order valence-electron chi connectivity index (χ4n) is 3.49. The van der Waals surface area contributed by atoms with Gasteiger partial charge in [0.2, 0.25) is 12.3 Å². The molecule has 0 radical (unpaired) electrons. The summed E-state index contributed by atoms with van der Waals surface area (Å²) in [6.45, 7) is 5.50. The van der Waals surface area contributed by atoms with Gasteiger partial charge in [-0.1, -0.05) is 0 Å². The molecule has 6 nitrogen and oxygen atoms in total. The molecule has 0 spiro atoms. The highest BCUT2D eigenvalue weighted by molar-refractivity contribution is 5.77. The van der Waals surface area contributed by atoms with E-state index in [9.17, 15) is 9.59 Å². The summed E-state index contributed by atoms with van der Waals surface area (Å²) in [6, 6.07) is 8.51. The molecule has 2 aliphatic rings. The summed E-state index contributed by atoms with van der Waals surface area (Å²) in [5.74, 6) is 0.156. The first-order valence-corrected chi connectivity index (χ1v) is 9.32. The first-order chi connectivity index (χ1) is 12.3. The zero-order chi connectivity index (χ0) is 17.5. The van der Waals surface area contributed by atoms with Crippen molar-refractivity contribution in [2.75, 3.05) is 56.0 Å². The fraction of sp³-hybridized carbons (Fsp3) is 0.579. The third-order valence-corrected chi connectivity index (χ3v) is 5.07. The highest BCUT2D eigenvalue weighted by Gasteiger charge is 2.19. The number of piperazine rings is 1. The van der Waals surface area contributed by atoms with Crippen molar-refractivity contribution in [3.8, 4) is 0 Å². The Hall–Kier alpha value is -2.24. The maximum absolute atomic E-state index is 12.2. The molecule has 1 aromatic rings. The molecule has 0 saturated carbocycles. The number of carbonyl (C=O) groups is 2. The van der Waals surface area contributed by atoms with Gasteiger partial charge in [0, 0.05) is 63.6 Å². The lowest BCUT2D eigenvalue weighted by Gasteiger charge is -2.32. The third kappa shape index (κ3) is 4.87. The van der Waals surface area contributed by atoms with Gasteiger partial charge in [-0.25, -0.2) is 0 Å². The molecule has 0 bridgehead atoms. The molecule has 0 aromatic heterocycles. The summed E-state index contributed by atoms with van der Waals surface area (Å²) in [4.78, 5) is 28.9. The van der Waals surface area contributed by atoms with Crippen LogP contribution in [0.25, 0.3) is 0 Å². The van der Waals surface area contributed by atoms with E-state index in [4.69, 9.17) is 0 Å². The second-order valence-corrected chi connectivity index (χ2v) is 6.79. The van der Waals surface area contributed by atoms with Gasteiger partial charge >= 0.3 is 0 Å². The molecule has 136 valence electrons. The molecule has 2 heterocycles. The lowest BCUT2D eigenvalue weighted by Crippen LogP contribution is -2.48. The average molecular weight is 344 g/mol. The lowest BCUT2D eigenvalue weighted by atomic mass is 10.1. The van der Waals surface area contributed by atoms with Crippen LogP contribution in [-0.2, 0) is 9.59 Å². The fourth-order valence-corrected chi connectivity index (χ4v) is 3.49. The van der Waals surface area contributed by atoms with Crippen molar-refractivity contribution in [1.82, 2.24) is 9.80 Å². The van der Waals surface area contributed by atoms with E-state index in [1.807, 2.05) is 4.90 Å². The van der Waals surface area contributed by atoms with Crippen LogP contribution in [0.1, 0.15) is 25.7 Å². The Labute approximate surface area is 149 Å². The molecule has 2 fully saturated rings. The molecule has 6 heteroatoms. The number of amides is 2. The van der Waals surface area contributed by atoms with E-state index in [1.165, 1.54) is 24.9 Å². The summed E-state index contributed by atoms with van der Waals surface area (Å²) in [5.41, 5.74) is 2.34. The van der Waals surface area contributed by atoms with Crippen LogP contribution >= 0.6 is 0 Å². The van der Waals surface area contributed by atoms with Crippen LogP contribution < -0.4 is 10.2 Å². The molecule has 1 N–H and O–H groups in total. The average Bonchev–Trinajstić information content (AvgIpc) is 2.69. The number of benzene rings is 1. The van der Waals surface area contributed by atoms with Crippen LogP contribution in [0.4, 0.5) is 11.4 Å². The molecule has 25 heavy (non-hydrogen) atoms. The van der Waals surface area contributed by atoms with E-state index in [1.54, 1.807) is 4.90 Å². The minimum atomic E-state index is 0.156. The van der Waals surface area contributed by atoms with Crippen molar-refractivity contribution in [2.24, 2.45) is 0 Å². The smallest absolute Gasteiger partial charge is 0.224 e. The summed E-state index contributed by atoms with van der Waals surface area (Å²) >= 11 is 0. The topological polar surface area (TPSA) is 55.9 Å². The van der Waals surface area contributed by atoms with Gasteiger partial charge in [0.05, 0.1) is 0 Å². The Balaban J connectivity index is 1.39. The standard InChI is InChI=1S/C19H28N4O2/c24-16-21-12-14-23(15-13-21)19(25)8-9-20-17-4-6-18(7-5-17)22-10-2-1-3-11-22/h4-7,16,20H,1-3,8-15H2. The van der Waals surface area contributed by atoms with Crippen molar-refractivity contribution in [3.63, 3.8) is 0 Å². The molecule has 0 atom stereocenters. The van der Waals surface area contributed by atoms with E-state index in [0.29, 0.717) is 39.1 Å². The van der Waals surface area contributed by atoms with Gasteiger partial charge in [0.1, 0.15) is 0 Å². The number of hydrogen-bond acceptors (Lipinski definition) is 4. The van der Waals surface area contributed by atoms with Gasteiger partial charge in [-0.3, -0.25) is 9.59 Å². The monoisotopic (exact) mass is 344 g/mol. The number of hydrogen-bond donors (Lipinski definition) is 1. The number of anilines is 2. The Morgan fingerprint density at radius 1 is 0.960 bits per heavy atom. The highest BCUT2D eigenvalue weighted by Crippen LogP contribution is 2.21. The number of carbonyl (C=O) groups excluding carboxylic acids is 2. The van der Waals surface area contributed by atoms with Crippen LogP contribution in [0.2, 0.25) is 0 Å². The van der Waals surface area contributed by atoms with E-state index >= 15 is 0 Å². The Bertz CT molecular complexity index is 561. The summed E-state index contributed by atoms with van der Waals surface area (Å²) in [5, 5.41) is 3.33. The molecule has 2 amide bonds. The van der Waals surface area contributed by atoms with Crippen LogP contribution in [0.3, 0.4) is 0 Å². The summed E-state index contributed by atoms with van der Waals surface area (Å²) in [6.07, 6.45) is 5.24. The van der Waals surface area contributed by atoms with Crippen LogP contribution in [0, 0.1) is 0 Å². The molecule has 0 unspecified atom stereocenters. The number of nitrogens with one attached hydrogen (secondary N) is 1.